The number of likely N-dealkylation sites (tertiary alicyclic amines) is 1. The van der Waals surface area contributed by atoms with Crippen LogP contribution in [-0.4, -0.2) is 48.2 Å². The first-order valence-electron chi connectivity index (χ1n) is 8.52. The topological polar surface area (TPSA) is 47.9 Å². The Kier molecular flexibility index (Phi) is 6.72. The molecule has 2 N–H and O–H groups in total. The molecule has 1 aromatic rings. The van der Waals surface area contributed by atoms with Gasteiger partial charge in [-0.25, -0.2) is 0 Å². The molecule has 0 spiro atoms. The molecular formula is C18H29N3O. The van der Waals surface area contributed by atoms with Gasteiger partial charge in [-0.05, 0) is 43.7 Å². The van der Waals surface area contributed by atoms with Crippen molar-refractivity contribution in [3.63, 3.8) is 0 Å². The second-order valence-electron chi connectivity index (χ2n) is 5.87. The van der Waals surface area contributed by atoms with Crippen LogP contribution in [0.4, 0.5) is 0 Å². The van der Waals surface area contributed by atoms with Crippen LogP contribution < -0.4 is 5.32 Å². The van der Waals surface area contributed by atoms with Gasteiger partial charge in [-0.15, -0.1) is 0 Å². The maximum absolute atomic E-state index is 9.62. The number of piperidine rings is 1. The molecule has 1 aliphatic heterocycles. The quantitative estimate of drug-likeness (QED) is 0.648. The second-order valence-corrected chi connectivity index (χ2v) is 5.87. The Bertz CT molecular complexity index is 462. The minimum Gasteiger partial charge on any atom is -0.393 e. The molecule has 0 unspecified atom stereocenters. The van der Waals surface area contributed by atoms with Crippen molar-refractivity contribution in [3.8, 4) is 0 Å². The van der Waals surface area contributed by atoms with Crippen molar-refractivity contribution >= 4 is 5.96 Å². The zero-order valence-corrected chi connectivity index (χ0v) is 13.9. The van der Waals surface area contributed by atoms with E-state index in [1.807, 2.05) is 0 Å². The lowest BCUT2D eigenvalue weighted by Gasteiger charge is -2.32. The van der Waals surface area contributed by atoms with Gasteiger partial charge >= 0.3 is 0 Å². The van der Waals surface area contributed by atoms with E-state index in [-0.39, 0.29) is 6.10 Å². The highest BCUT2D eigenvalue weighted by atomic mass is 16.3. The first-order chi connectivity index (χ1) is 10.7. The van der Waals surface area contributed by atoms with Crippen LogP contribution >= 0.6 is 0 Å². The highest BCUT2D eigenvalue weighted by molar-refractivity contribution is 5.80. The molecule has 0 aromatic heterocycles. The molecule has 0 bridgehead atoms. The summed E-state index contributed by atoms with van der Waals surface area (Å²) in [5, 5.41) is 13.0. The summed E-state index contributed by atoms with van der Waals surface area (Å²) in [7, 11) is 0. The van der Waals surface area contributed by atoms with Gasteiger partial charge in [0.1, 0.15) is 0 Å². The van der Waals surface area contributed by atoms with E-state index >= 15 is 0 Å². The Hall–Kier alpha value is -1.55. The maximum Gasteiger partial charge on any atom is 0.193 e. The van der Waals surface area contributed by atoms with Gasteiger partial charge in [0.25, 0.3) is 0 Å². The van der Waals surface area contributed by atoms with Crippen molar-refractivity contribution < 1.29 is 5.11 Å². The number of aliphatic hydroxyl groups excluding tert-OH is 1. The Labute approximate surface area is 134 Å². The molecule has 0 amide bonds. The van der Waals surface area contributed by atoms with Gasteiger partial charge < -0.3 is 15.3 Å². The minimum atomic E-state index is -0.142. The number of hydrogen-bond donors (Lipinski definition) is 2. The molecule has 1 aliphatic rings. The highest BCUT2D eigenvalue weighted by Gasteiger charge is 2.19. The van der Waals surface area contributed by atoms with Crippen LogP contribution in [0.3, 0.4) is 0 Å². The average molecular weight is 303 g/mol. The van der Waals surface area contributed by atoms with E-state index in [1.54, 1.807) is 0 Å². The zero-order chi connectivity index (χ0) is 15.8. The largest absolute Gasteiger partial charge is 0.393 e. The molecule has 1 fully saturated rings. The van der Waals surface area contributed by atoms with Crippen LogP contribution in [0.15, 0.2) is 29.3 Å². The van der Waals surface area contributed by atoms with Crippen molar-refractivity contribution in [2.45, 2.75) is 45.6 Å². The van der Waals surface area contributed by atoms with Gasteiger partial charge in [-0.3, -0.25) is 4.99 Å². The van der Waals surface area contributed by atoms with Gasteiger partial charge in [0.05, 0.1) is 6.10 Å². The molecule has 0 saturated carbocycles. The van der Waals surface area contributed by atoms with Crippen molar-refractivity contribution in [2.75, 3.05) is 26.2 Å². The van der Waals surface area contributed by atoms with E-state index in [2.05, 4.69) is 48.3 Å². The molecule has 122 valence electrons. The SMILES string of the molecule is CCNC(=NCCc1ccc(CC)cc1)N1CCC(O)CC1. The fourth-order valence-corrected chi connectivity index (χ4v) is 2.74. The number of rotatable bonds is 5. The number of aryl methyl sites for hydroxylation is 1. The van der Waals surface area contributed by atoms with Crippen LogP contribution in [0.25, 0.3) is 0 Å². The standard InChI is InChI=1S/C18H29N3O/c1-3-15-5-7-16(8-6-15)9-12-20-18(19-4-2)21-13-10-17(22)11-14-21/h5-8,17,22H,3-4,9-14H2,1-2H3,(H,19,20). The summed E-state index contributed by atoms with van der Waals surface area (Å²) in [5.41, 5.74) is 2.72. The Balaban J connectivity index is 1.89. The Morgan fingerprint density at radius 3 is 2.41 bits per heavy atom. The van der Waals surface area contributed by atoms with Gasteiger partial charge in [0.15, 0.2) is 5.96 Å². The molecule has 1 heterocycles. The van der Waals surface area contributed by atoms with Crippen molar-refractivity contribution in [1.82, 2.24) is 10.2 Å². The third kappa shape index (κ3) is 5.02. The lowest BCUT2D eigenvalue weighted by Crippen LogP contribution is -2.46. The lowest BCUT2D eigenvalue weighted by molar-refractivity contribution is 0.108. The summed E-state index contributed by atoms with van der Waals surface area (Å²) >= 11 is 0. The van der Waals surface area contributed by atoms with Gasteiger partial charge in [0.2, 0.25) is 0 Å². The van der Waals surface area contributed by atoms with Crippen LogP contribution in [0.5, 0.6) is 0 Å². The lowest BCUT2D eigenvalue weighted by atomic mass is 10.1. The molecule has 2 rings (SSSR count). The molecule has 4 heteroatoms. The summed E-state index contributed by atoms with van der Waals surface area (Å²) in [6.07, 6.45) is 3.58. The number of nitrogens with zero attached hydrogens (tertiary/aromatic N) is 2. The van der Waals surface area contributed by atoms with E-state index in [9.17, 15) is 5.11 Å². The van der Waals surface area contributed by atoms with E-state index in [1.165, 1.54) is 11.1 Å². The van der Waals surface area contributed by atoms with E-state index in [4.69, 9.17) is 4.99 Å². The third-order valence-electron chi connectivity index (χ3n) is 4.19. The van der Waals surface area contributed by atoms with Crippen molar-refractivity contribution in [3.05, 3.63) is 35.4 Å². The van der Waals surface area contributed by atoms with E-state index in [0.717, 1.165) is 57.8 Å². The number of nitrogens with one attached hydrogen (secondary N) is 1. The fraction of sp³-hybridized carbons (Fsp3) is 0.611. The zero-order valence-electron chi connectivity index (χ0n) is 13.9. The highest BCUT2D eigenvalue weighted by Crippen LogP contribution is 2.10. The van der Waals surface area contributed by atoms with Gasteiger partial charge in [-0.2, -0.15) is 0 Å². The van der Waals surface area contributed by atoms with E-state index < -0.39 is 0 Å². The molecule has 0 aliphatic carbocycles. The number of aliphatic hydroxyl groups is 1. The molecule has 1 saturated heterocycles. The molecule has 22 heavy (non-hydrogen) atoms. The van der Waals surface area contributed by atoms with Crippen molar-refractivity contribution in [1.29, 1.82) is 0 Å². The smallest absolute Gasteiger partial charge is 0.193 e. The van der Waals surface area contributed by atoms with Gasteiger partial charge in [-0.1, -0.05) is 31.2 Å². The van der Waals surface area contributed by atoms with Crippen LogP contribution in [0.1, 0.15) is 37.8 Å². The van der Waals surface area contributed by atoms with Gasteiger partial charge in [0, 0.05) is 26.2 Å². The number of hydrogen-bond acceptors (Lipinski definition) is 2. The summed E-state index contributed by atoms with van der Waals surface area (Å²) in [4.78, 5) is 7.01. The minimum absolute atomic E-state index is 0.142. The number of aliphatic imine (C=N–C) groups is 1. The summed E-state index contributed by atoms with van der Waals surface area (Å²) in [6.45, 7) is 7.72. The molecule has 0 atom stereocenters. The third-order valence-corrected chi connectivity index (χ3v) is 4.19. The van der Waals surface area contributed by atoms with Crippen LogP contribution in [-0.2, 0) is 12.8 Å². The summed E-state index contributed by atoms with van der Waals surface area (Å²) in [5.74, 6) is 0.986. The molecule has 0 radical (unpaired) electrons. The van der Waals surface area contributed by atoms with Crippen LogP contribution in [0.2, 0.25) is 0 Å². The second kappa shape index (κ2) is 8.79. The van der Waals surface area contributed by atoms with E-state index in [0.29, 0.717) is 0 Å². The maximum atomic E-state index is 9.62. The number of benzene rings is 1. The summed E-state index contributed by atoms with van der Waals surface area (Å²) < 4.78 is 0. The number of guanidine groups is 1. The first kappa shape index (κ1) is 16.8. The van der Waals surface area contributed by atoms with Crippen LogP contribution in [0, 0.1) is 0 Å². The molecule has 1 aromatic carbocycles. The molecule has 4 nitrogen and oxygen atoms in total. The normalized spacial score (nSPS) is 16.9. The average Bonchev–Trinajstić information content (AvgIpc) is 2.55. The fourth-order valence-electron chi connectivity index (χ4n) is 2.74. The first-order valence-corrected chi connectivity index (χ1v) is 8.52. The predicted octanol–water partition coefficient (Wildman–Crippen LogP) is 2.21. The Morgan fingerprint density at radius 1 is 1.18 bits per heavy atom. The predicted molar refractivity (Wildman–Crippen MR) is 92.3 cm³/mol. The monoisotopic (exact) mass is 303 g/mol. The summed E-state index contributed by atoms with van der Waals surface area (Å²) in [6, 6.07) is 8.82. The Morgan fingerprint density at radius 2 is 1.82 bits per heavy atom. The molecular weight excluding hydrogens is 274 g/mol. The van der Waals surface area contributed by atoms with Crippen molar-refractivity contribution in [2.24, 2.45) is 4.99 Å².